The number of hydrogen-bond donors (Lipinski definition) is 0. The number of rotatable bonds is 5. The Morgan fingerprint density at radius 2 is 1.95 bits per heavy atom. The largest absolute Gasteiger partial charge is 0.459 e. The van der Waals surface area contributed by atoms with Gasteiger partial charge in [-0.1, -0.05) is 0 Å². The average Bonchev–Trinajstić information content (AvgIpc) is 2.27. The molecule has 0 spiro atoms. The quantitative estimate of drug-likeness (QED) is 0.470. The lowest BCUT2D eigenvalue weighted by Crippen LogP contribution is -2.15. The Balaban J connectivity index is 3.17. The summed E-state index contributed by atoms with van der Waals surface area (Å²) < 4.78 is 58.3. The summed E-state index contributed by atoms with van der Waals surface area (Å²) >= 11 is 0. The molecule has 0 saturated carbocycles. The van der Waals surface area contributed by atoms with Gasteiger partial charge in [-0.15, -0.1) is 0 Å². The zero-order valence-corrected chi connectivity index (χ0v) is 11.2. The highest BCUT2D eigenvalue weighted by atomic mass is 35.7. The number of ether oxygens (including phenoxy) is 2. The summed E-state index contributed by atoms with van der Waals surface area (Å²) in [6.45, 7) is -0.200. The van der Waals surface area contributed by atoms with Crippen molar-refractivity contribution in [2.45, 2.75) is 4.90 Å². The van der Waals surface area contributed by atoms with Crippen molar-refractivity contribution < 1.29 is 31.5 Å². The molecule has 0 amide bonds. The van der Waals surface area contributed by atoms with Gasteiger partial charge >= 0.3 is 5.97 Å². The number of hydrogen-bond acceptors (Lipinski definition) is 5. The Morgan fingerprint density at radius 1 is 1.32 bits per heavy atom. The molecule has 0 aliphatic rings. The van der Waals surface area contributed by atoms with Crippen LogP contribution in [0, 0.1) is 11.6 Å². The molecule has 0 aromatic heterocycles. The van der Waals surface area contributed by atoms with Crippen LogP contribution in [0.1, 0.15) is 10.4 Å². The van der Waals surface area contributed by atoms with Crippen LogP contribution >= 0.6 is 10.7 Å². The van der Waals surface area contributed by atoms with Crippen molar-refractivity contribution in [3.8, 4) is 0 Å². The van der Waals surface area contributed by atoms with Crippen LogP contribution < -0.4 is 0 Å². The lowest BCUT2D eigenvalue weighted by atomic mass is 10.2. The molecule has 0 unspecified atom stereocenters. The molecule has 1 aromatic rings. The lowest BCUT2D eigenvalue weighted by molar-refractivity contribution is 0.0377. The number of benzene rings is 1. The Kier molecular flexibility index (Phi) is 5.21. The fourth-order valence-corrected chi connectivity index (χ4v) is 2.10. The Bertz CT molecular complexity index is 588. The summed E-state index contributed by atoms with van der Waals surface area (Å²) in [4.78, 5) is 10.5. The topological polar surface area (TPSA) is 69.7 Å². The van der Waals surface area contributed by atoms with Crippen molar-refractivity contribution >= 4 is 25.7 Å². The fraction of sp³-hybridized carbons (Fsp3) is 0.300. The number of esters is 1. The zero-order chi connectivity index (χ0) is 14.6. The van der Waals surface area contributed by atoms with Gasteiger partial charge < -0.3 is 9.47 Å². The maximum Gasteiger partial charge on any atom is 0.344 e. The van der Waals surface area contributed by atoms with E-state index in [1.165, 1.54) is 7.11 Å². The van der Waals surface area contributed by atoms with E-state index in [-0.39, 0.29) is 13.2 Å². The van der Waals surface area contributed by atoms with E-state index in [2.05, 4.69) is 9.47 Å². The van der Waals surface area contributed by atoms with Crippen LogP contribution in [-0.2, 0) is 18.5 Å². The van der Waals surface area contributed by atoms with Gasteiger partial charge in [0.1, 0.15) is 22.9 Å². The molecule has 9 heteroatoms. The molecule has 0 aliphatic carbocycles. The highest BCUT2D eigenvalue weighted by Gasteiger charge is 2.26. The van der Waals surface area contributed by atoms with Gasteiger partial charge in [0.05, 0.1) is 6.61 Å². The highest BCUT2D eigenvalue weighted by Crippen LogP contribution is 2.24. The van der Waals surface area contributed by atoms with E-state index < -0.39 is 37.1 Å². The molecule has 0 atom stereocenters. The standard InChI is InChI=1S/C10H9ClF2O5S/c1-17-4-5-18-10(14)8-6(12)2-3-7(9(8)13)19(11,15)16/h2-3H,4-5H2,1H3. The minimum absolute atomic E-state index is 0.0302. The van der Waals surface area contributed by atoms with Crippen molar-refractivity contribution in [3.63, 3.8) is 0 Å². The third-order valence-corrected chi connectivity index (χ3v) is 3.38. The Labute approximate surface area is 112 Å². The second kappa shape index (κ2) is 6.27. The average molecular weight is 315 g/mol. The van der Waals surface area contributed by atoms with Crippen LogP contribution in [0.3, 0.4) is 0 Å². The predicted octanol–water partition coefficient (Wildman–Crippen LogP) is 1.70. The monoisotopic (exact) mass is 314 g/mol. The first-order valence-electron chi connectivity index (χ1n) is 4.87. The minimum atomic E-state index is -4.43. The van der Waals surface area contributed by atoms with Crippen LogP contribution in [0.25, 0.3) is 0 Å². The van der Waals surface area contributed by atoms with Gasteiger partial charge in [-0.05, 0) is 12.1 Å². The molecular weight excluding hydrogens is 306 g/mol. The molecule has 1 rings (SSSR count). The van der Waals surface area contributed by atoms with Crippen LogP contribution in [0.2, 0.25) is 0 Å². The molecular formula is C10H9ClF2O5S. The van der Waals surface area contributed by atoms with Crippen LogP contribution in [0.4, 0.5) is 8.78 Å². The van der Waals surface area contributed by atoms with E-state index in [9.17, 15) is 22.0 Å². The van der Waals surface area contributed by atoms with Gasteiger partial charge in [-0.3, -0.25) is 0 Å². The SMILES string of the molecule is COCCOC(=O)c1c(F)ccc(S(=O)(=O)Cl)c1F. The van der Waals surface area contributed by atoms with Gasteiger partial charge in [-0.25, -0.2) is 22.0 Å². The molecule has 0 bridgehead atoms. The van der Waals surface area contributed by atoms with Gasteiger partial charge in [0.2, 0.25) is 0 Å². The zero-order valence-electron chi connectivity index (χ0n) is 9.65. The van der Waals surface area contributed by atoms with Crippen molar-refractivity contribution in [1.29, 1.82) is 0 Å². The second-order valence-corrected chi connectivity index (χ2v) is 5.84. The first-order valence-corrected chi connectivity index (χ1v) is 7.18. The summed E-state index contributed by atoms with van der Waals surface area (Å²) in [5.41, 5.74) is -1.11. The third kappa shape index (κ3) is 3.85. The van der Waals surface area contributed by atoms with Gasteiger partial charge in [0.25, 0.3) is 9.05 Å². The van der Waals surface area contributed by atoms with E-state index in [1.807, 2.05) is 0 Å². The van der Waals surface area contributed by atoms with E-state index in [1.54, 1.807) is 0 Å². The normalized spacial score (nSPS) is 11.4. The number of halogens is 3. The fourth-order valence-electron chi connectivity index (χ4n) is 1.20. The minimum Gasteiger partial charge on any atom is -0.459 e. The third-order valence-electron chi connectivity index (χ3n) is 2.04. The van der Waals surface area contributed by atoms with Crippen LogP contribution in [0.15, 0.2) is 17.0 Å². The Hall–Kier alpha value is -1.25. The lowest BCUT2D eigenvalue weighted by Gasteiger charge is -2.08. The first-order chi connectivity index (χ1) is 8.79. The van der Waals surface area contributed by atoms with Crippen LogP contribution in [-0.4, -0.2) is 34.7 Å². The summed E-state index contributed by atoms with van der Waals surface area (Å²) in [6.07, 6.45) is 0. The maximum absolute atomic E-state index is 13.8. The summed E-state index contributed by atoms with van der Waals surface area (Å²) in [7, 11) is 1.87. The molecule has 5 nitrogen and oxygen atoms in total. The molecule has 0 N–H and O–H groups in total. The van der Waals surface area contributed by atoms with E-state index in [4.69, 9.17) is 10.7 Å². The van der Waals surface area contributed by atoms with Gasteiger partial charge in [0.15, 0.2) is 5.82 Å². The number of methoxy groups -OCH3 is 1. The maximum atomic E-state index is 13.8. The molecule has 0 radical (unpaired) electrons. The smallest absolute Gasteiger partial charge is 0.344 e. The molecule has 0 heterocycles. The van der Waals surface area contributed by atoms with Crippen molar-refractivity contribution in [2.75, 3.05) is 20.3 Å². The molecule has 1 aromatic carbocycles. The van der Waals surface area contributed by atoms with Crippen molar-refractivity contribution in [1.82, 2.24) is 0 Å². The summed E-state index contributed by atoms with van der Waals surface area (Å²) in [5.74, 6) is -4.17. The number of carbonyl (C=O) groups excluding carboxylic acids is 1. The van der Waals surface area contributed by atoms with E-state index in [0.29, 0.717) is 12.1 Å². The van der Waals surface area contributed by atoms with Crippen molar-refractivity contribution in [3.05, 3.63) is 29.3 Å². The predicted molar refractivity (Wildman–Crippen MR) is 61.6 cm³/mol. The molecule has 0 saturated heterocycles. The first kappa shape index (κ1) is 15.8. The number of carbonyl (C=O) groups is 1. The molecule has 106 valence electrons. The van der Waals surface area contributed by atoms with E-state index in [0.717, 1.165) is 0 Å². The molecule has 0 fully saturated rings. The summed E-state index contributed by atoms with van der Waals surface area (Å²) in [5, 5.41) is 0. The van der Waals surface area contributed by atoms with Gasteiger partial charge in [-0.2, -0.15) is 0 Å². The highest BCUT2D eigenvalue weighted by molar-refractivity contribution is 8.13. The van der Waals surface area contributed by atoms with Crippen molar-refractivity contribution in [2.24, 2.45) is 0 Å². The molecule has 19 heavy (non-hydrogen) atoms. The molecule has 0 aliphatic heterocycles. The van der Waals surface area contributed by atoms with E-state index >= 15 is 0 Å². The summed E-state index contributed by atoms with van der Waals surface area (Å²) in [6, 6.07) is 1.24. The Morgan fingerprint density at radius 3 is 2.47 bits per heavy atom. The van der Waals surface area contributed by atoms with Crippen LogP contribution in [0.5, 0.6) is 0 Å². The second-order valence-electron chi connectivity index (χ2n) is 3.30. The van der Waals surface area contributed by atoms with Gasteiger partial charge in [0, 0.05) is 17.8 Å².